The Morgan fingerprint density at radius 3 is 2.84 bits per heavy atom. The van der Waals surface area contributed by atoms with Crippen LogP contribution in [0.25, 0.3) is 0 Å². The molecule has 104 valence electrons. The number of hydrogen-bond acceptors (Lipinski definition) is 3. The molecule has 1 aromatic carbocycles. The van der Waals surface area contributed by atoms with E-state index in [0.29, 0.717) is 17.0 Å². The molecule has 0 heterocycles. The van der Waals surface area contributed by atoms with Crippen LogP contribution in [0.4, 0.5) is 5.69 Å². The zero-order valence-corrected chi connectivity index (χ0v) is 11.4. The molecule has 1 aliphatic carbocycles. The van der Waals surface area contributed by atoms with Crippen LogP contribution in [0.3, 0.4) is 0 Å². The van der Waals surface area contributed by atoms with Gasteiger partial charge >= 0.3 is 0 Å². The first-order valence-electron chi connectivity index (χ1n) is 6.96. The minimum atomic E-state index is -0.470. The Kier molecular flexibility index (Phi) is 4.30. The van der Waals surface area contributed by atoms with Crippen LogP contribution in [0.2, 0.25) is 0 Å². The lowest BCUT2D eigenvalue weighted by atomic mass is 9.85. The summed E-state index contributed by atoms with van der Waals surface area (Å²) in [4.78, 5) is 11.1. The molecule has 1 amide bonds. The molecule has 0 saturated heterocycles. The van der Waals surface area contributed by atoms with Gasteiger partial charge in [-0.1, -0.05) is 19.8 Å². The third-order valence-corrected chi connectivity index (χ3v) is 3.90. The third kappa shape index (κ3) is 3.40. The van der Waals surface area contributed by atoms with Crippen LogP contribution < -0.4 is 16.2 Å². The summed E-state index contributed by atoms with van der Waals surface area (Å²) >= 11 is 0. The Balaban J connectivity index is 2.04. The van der Waals surface area contributed by atoms with Crippen molar-refractivity contribution in [2.45, 2.75) is 45.1 Å². The molecule has 1 aliphatic rings. The van der Waals surface area contributed by atoms with Crippen molar-refractivity contribution < 1.29 is 9.53 Å². The molecule has 2 atom stereocenters. The molecule has 1 aromatic rings. The van der Waals surface area contributed by atoms with Gasteiger partial charge in [-0.3, -0.25) is 4.79 Å². The van der Waals surface area contributed by atoms with Gasteiger partial charge in [0.05, 0.1) is 11.8 Å². The highest BCUT2D eigenvalue weighted by atomic mass is 16.5. The van der Waals surface area contributed by atoms with E-state index in [9.17, 15) is 4.79 Å². The second-order valence-corrected chi connectivity index (χ2v) is 5.30. The Morgan fingerprint density at radius 2 is 2.21 bits per heavy atom. The van der Waals surface area contributed by atoms with E-state index < -0.39 is 5.91 Å². The van der Waals surface area contributed by atoms with Crippen molar-refractivity contribution in [2.24, 2.45) is 11.7 Å². The summed E-state index contributed by atoms with van der Waals surface area (Å²) in [5.74, 6) is 0.943. The molecule has 2 unspecified atom stereocenters. The van der Waals surface area contributed by atoms with Gasteiger partial charge in [0.1, 0.15) is 5.75 Å². The number of hydrogen-bond donors (Lipinski definition) is 2. The van der Waals surface area contributed by atoms with Crippen LogP contribution in [-0.4, -0.2) is 12.0 Å². The van der Waals surface area contributed by atoms with E-state index in [0.717, 1.165) is 18.8 Å². The van der Waals surface area contributed by atoms with Crippen molar-refractivity contribution in [1.82, 2.24) is 0 Å². The molecule has 0 aromatic heterocycles. The monoisotopic (exact) mass is 262 g/mol. The van der Waals surface area contributed by atoms with Crippen molar-refractivity contribution in [1.29, 1.82) is 0 Å². The van der Waals surface area contributed by atoms with Crippen molar-refractivity contribution in [3.63, 3.8) is 0 Å². The van der Waals surface area contributed by atoms with E-state index in [1.807, 2.05) is 0 Å². The first-order chi connectivity index (χ1) is 9.10. The standard InChI is InChI=1S/C15H22N2O2/c1-2-10-4-3-5-12(8-10)19-14-7-6-11(15(17)18)9-13(14)16/h6-7,9-10,12H,2-5,8,16H2,1H3,(H2,17,18). The molecule has 0 spiro atoms. The maximum atomic E-state index is 11.1. The zero-order valence-electron chi connectivity index (χ0n) is 11.4. The lowest BCUT2D eigenvalue weighted by molar-refractivity contribution is 0.1000. The van der Waals surface area contributed by atoms with Crippen LogP contribution in [0, 0.1) is 5.92 Å². The van der Waals surface area contributed by atoms with Crippen LogP contribution >= 0.6 is 0 Å². The number of amides is 1. The van der Waals surface area contributed by atoms with Gasteiger partial charge in [0, 0.05) is 5.56 Å². The first kappa shape index (κ1) is 13.7. The third-order valence-electron chi connectivity index (χ3n) is 3.90. The minimum absolute atomic E-state index is 0.237. The van der Waals surface area contributed by atoms with Gasteiger partial charge in [0.25, 0.3) is 0 Å². The van der Waals surface area contributed by atoms with Gasteiger partial charge in [-0.2, -0.15) is 0 Å². The molecule has 0 radical (unpaired) electrons. The summed E-state index contributed by atoms with van der Waals surface area (Å²) in [6.45, 7) is 2.23. The maximum Gasteiger partial charge on any atom is 0.248 e. The molecule has 1 saturated carbocycles. The summed E-state index contributed by atoms with van der Waals surface area (Å²) in [5, 5.41) is 0. The number of anilines is 1. The number of nitrogen functional groups attached to an aromatic ring is 1. The van der Waals surface area contributed by atoms with Gasteiger partial charge in [-0.05, 0) is 43.4 Å². The predicted molar refractivity (Wildman–Crippen MR) is 76.0 cm³/mol. The van der Waals surface area contributed by atoms with Crippen molar-refractivity contribution >= 4 is 11.6 Å². The summed E-state index contributed by atoms with van der Waals surface area (Å²) in [6.07, 6.45) is 6.12. The largest absolute Gasteiger partial charge is 0.488 e. The molecule has 4 nitrogen and oxygen atoms in total. The van der Waals surface area contributed by atoms with E-state index in [1.54, 1.807) is 18.2 Å². The van der Waals surface area contributed by atoms with Crippen LogP contribution in [-0.2, 0) is 0 Å². The molecule has 0 aliphatic heterocycles. The Labute approximate surface area is 114 Å². The average Bonchev–Trinajstić information content (AvgIpc) is 2.41. The van der Waals surface area contributed by atoms with E-state index >= 15 is 0 Å². The van der Waals surface area contributed by atoms with Gasteiger partial charge in [0.15, 0.2) is 0 Å². The van der Waals surface area contributed by atoms with Crippen LogP contribution in [0.1, 0.15) is 49.4 Å². The zero-order chi connectivity index (χ0) is 13.8. The topological polar surface area (TPSA) is 78.3 Å². The predicted octanol–water partition coefficient (Wildman–Crippen LogP) is 2.72. The average molecular weight is 262 g/mol. The summed E-state index contributed by atoms with van der Waals surface area (Å²) in [5.41, 5.74) is 12.0. The first-order valence-corrected chi connectivity index (χ1v) is 6.96. The number of rotatable bonds is 4. The number of carbonyl (C=O) groups excluding carboxylic acids is 1. The Hall–Kier alpha value is -1.71. The summed E-state index contributed by atoms with van der Waals surface area (Å²) in [7, 11) is 0. The lowest BCUT2D eigenvalue weighted by Gasteiger charge is -2.29. The number of primary amides is 1. The molecule has 19 heavy (non-hydrogen) atoms. The molecular formula is C15H22N2O2. The van der Waals surface area contributed by atoms with Gasteiger partial charge in [-0.15, -0.1) is 0 Å². The number of benzene rings is 1. The van der Waals surface area contributed by atoms with Gasteiger partial charge < -0.3 is 16.2 Å². The van der Waals surface area contributed by atoms with Gasteiger partial charge in [0.2, 0.25) is 5.91 Å². The minimum Gasteiger partial charge on any atom is -0.488 e. The van der Waals surface area contributed by atoms with Crippen molar-refractivity contribution in [3.8, 4) is 5.75 Å². The summed E-state index contributed by atoms with van der Waals surface area (Å²) in [6, 6.07) is 4.98. The quantitative estimate of drug-likeness (QED) is 0.819. The fraction of sp³-hybridized carbons (Fsp3) is 0.533. The molecule has 4 N–H and O–H groups in total. The number of carbonyl (C=O) groups is 1. The second-order valence-electron chi connectivity index (χ2n) is 5.30. The Bertz CT molecular complexity index is 459. The van der Waals surface area contributed by atoms with Gasteiger partial charge in [-0.25, -0.2) is 0 Å². The van der Waals surface area contributed by atoms with E-state index in [-0.39, 0.29) is 6.10 Å². The van der Waals surface area contributed by atoms with E-state index in [4.69, 9.17) is 16.2 Å². The van der Waals surface area contributed by atoms with E-state index in [1.165, 1.54) is 19.3 Å². The van der Waals surface area contributed by atoms with Crippen LogP contribution in [0.5, 0.6) is 5.75 Å². The highest BCUT2D eigenvalue weighted by Crippen LogP contribution is 2.31. The van der Waals surface area contributed by atoms with Crippen molar-refractivity contribution in [2.75, 3.05) is 5.73 Å². The normalized spacial score (nSPS) is 23.0. The molecule has 1 fully saturated rings. The molecule has 4 heteroatoms. The number of nitrogens with two attached hydrogens (primary N) is 2. The molecule has 2 rings (SSSR count). The van der Waals surface area contributed by atoms with E-state index in [2.05, 4.69) is 6.92 Å². The SMILES string of the molecule is CCC1CCCC(Oc2ccc(C(N)=O)cc2N)C1. The molecule has 0 bridgehead atoms. The smallest absolute Gasteiger partial charge is 0.248 e. The highest BCUT2D eigenvalue weighted by Gasteiger charge is 2.22. The lowest BCUT2D eigenvalue weighted by Crippen LogP contribution is -2.25. The van der Waals surface area contributed by atoms with Crippen LogP contribution in [0.15, 0.2) is 18.2 Å². The molecular weight excluding hydrogens is 240 g/mol. The Morgan fingerprint density at radius 1 is 1.42 bits per heavy atom. The fourth-order valence-corrected chi connectivity index (χ4v) is 2.71. The maximum absolute atomic E-state index is 11.1. The summed E-state index contributed by atoms with van der Waals surface area (Å²) < 4.78 is 5.98. The number of ether oxygens (including phenoxy) is 1. The second kappa shape index (κ2) is 5.95. The highest BCUT2D eigenvalue weighted by molar-refractivity contribution is 5.94. The fourth-order valence-electron chi connectivity index (χ4n) is 2.71. The van der Waals surface area contributed by atoms with Crippen molar-refractivity contribution in [3.05, 3.63) is 23.8 Å².